The van der Waals surface area contributed by atoms with E-state index in [2.05, 4.69) is 15.0 Å². The van der Waals surface area contributed by atoms with Crippen molar-refractivity contribution in [3.8, 4) is 5.88 Å². The number of pyridine rings is 1. The monoisotopic (exact) mass is 213 g/mol. The van der Waals surface area contributed by atoms with Crippen molar-refractivity contribution >= 4 is 11.2 Å². The average Bonchev–Trinajstić information content (AvgIpc) is 2.61. The second-order valence-electron chi connectivity index (χ2n) is 2.88. The van der Waals surface area contributed by atoms with E-state index in [-0.39, 0.29) is 11.5 Å². The number of imidazole rings is 1. The molecule has 6 heteroatoms. The first kappa shape index (κ1) is 9.82. The smallest absolute Gasteiger partial charge is 0.295 e. The van der Waals surface area contributed by atoms with Crippen molar-refractivity contribution in [1.29, 1.82) is 0 Å². The minimum Gasteiger partial charge on any atom is -0.478 e. The molecule has 2 heterocycles. The number of ether oxygens (including phenoxy) is 1. The van der Waals surface area contributed by atoms with Gasteiger partial charge in [0, 0.05) is 6.07 Å². The number of hydrogen-bond acceptors (Lipinski definition) is 3. The fraction of sp³-hybridized carbons (Fsp3) is 0.333. The summed E-state index contributed by atoms with van der Waals surface area (Å²) in [5, 5.41) is 0. The Morgan fingerprint density at radius 2 is 2.20 bits per heavy atom. The van der Waals surface area contributed by atoms with E-state index >= 15 is 0 Å². The van der Waals surface area contributed by atoms with Gasteiger partial charge in [0.2, 0.25) is 5.88 Å². The number of alkyl halides is 2. The van der Waals surface area contributed by atoms with Crippen LogP contribution in [-0.2, 0) is 0 Å². The summed E-state index contributed by atoms with van der Waals surface area (Å²) in [7, 11) is 0. The first-order valence-corrected chi connectivity index (χ1v) is 4.48. The van der Waals surface area contributed by atoms with Crippen molar-refractivity contribution < 1.29 is 13.5 Å². The average molecular weight is 213 g/mol. The number of H-pyrrole nitrogens is 1. The SMILES string of the molecule is CCOc1ccc2[nH]c(C(F)F)nc2n1. The number of aromatic amines is 1. The van der Waals surface area contributed by atoms with Crippen molar-refractivity contribution in [1.82, 2.24) is 15.0 Å². The van der Waals surface area contributed by atoms with Gasteiger partial charge < -0.3 is 9.72 Å². The molecule has 0 aliphatic carbocycles. The molecule has 0 radical (unpaired) electrons. The van der Waals surface area contributed by atoms with Crippen LogP contribution in [0.25, 0.3) is 11.2 Å². The van der Waals surface area contributed by atoms with Gasteiger partial charge in [0.25, 0.3) is 6.43 Å². The van der Waals surface area contributed by atoms with E-state index in [1.54, 1.807) is 12.1 Å². The van der Waals surface area contributed by atoms with E-state index in [9.17, 15) is 8.78 Å². The van der Waals surface area contributed by atoms with Gasteiger partial charge >= 0.3 is 0 Å². The Labute approximate surface area is 84.3 Å². The third-order valence-corrected chi connectivity index (χ3v) is 1.84. The van der Waals surface area contributed by atoms with Gasteiger partial charge in [-0.05, 0) is 13.0 Å². The van der Waals surface area contributed by atoms with Crippen LogP contribution in [0.1, 0.15) is 19.2 Å². The molecule has 0 bridgehead atoms. The Bertz CT molecular complexity index is 469. The van der Waals surface area contributed by atoms with Gasteiger partial charge in [0.1, 0.15) is 0 Å². The summed E-state index contributed by atoms with van der Waals surface area (Å²) in [6.07, 6.45) is -2.62. The van der Waals surface area contributed by atoms with Crippen LogP contribution >= 0.6 is 0 Å². The Hall–Kier alpha value is -1.72. The third-order valence-electron chi connectivity index (χ3n) is 1.84. The van der Waals surface area contributed by atoms with Gasteiger partial charge in [-0.2, -0.15) is 4.98 Å². The van der Waals surface area contributed by atoms with E-state index in [1.807, 2.05) is 6.92 Å². The lowest BCUT2D eigenvalue weighted by Crippen LogP contribution is -1.93. The summed E-state index contributed by atoms with van der Waals surface area (Å²) in [6, 6.07) is 3.23. The van der Waals surface area contributed by atoms with E-state index < -0.39 is 6.43 Å². The highest BCUT2D eigenvalue weighted by Gasteiger charge is 2.13. The molecule has 0 amide bonds. The first-order chi connectivity index (χ1) is 7.20. The zero-order chi connectivity index (χ0) is 10.8. The van der Waals surface area contributed by atoms with Crippen LogP contribution in [0.3, 0.4) is 0 Å². The summed E-state index contributed by atoms with van der Waals surface area (Å²) in [5.41, 5.74) is 0.727. The van der Waals surface area contributed by atoms with E-state index in [0.717, 1.165) is 0 Å². The van der Waals surface area contributed by atoms with Crippen LogP contribution in [-0.4, -0.2) is 21.6 Å². The maximum Gasteiger partial charge on any atom is 0.295 e. The molecule has 15 heavy (non-hydrogen) atoms. The number of hydrogen-bond donors (Lipinski definition) is 1. The zero-order valence-corrected chi connectivity index (χ0v) is 8.00. The van der Waals surface area contributed by atoms with E-state index in [4.69, 9.17) is 4.74 Å². The van der Waals surface area contributed by atoms with E-state index in [1.165, 1.54) is 0 Å². The molecule has 0 atom stereocenters. The molecule has 0 aliphatic rings. The fourth-order valence-electron chi connectivity index (χ4n) is 1.23. The van der Waals surface area contributed by atoms with Crippen LogP contribution < -0.4 is 4.74 Å². The molecule has 4 nitrogen and oxygen atoms in total. The highest BCUT2D eigenvalue weighted by molar-refractivity contribution is 5.71. The van der Waals surface area contributed by atoms with Gasteiger partial charge in [0.05, 0.1) is 12.1 Å². The van der Waals surface area contributed by atoms with Gasteiger partial charge in [-0.1, -0.05) is 0 Å². The fourth-order valence-corrected chi connectivity index (χ4v) is 1.23. The summed E-state index contributed by atoms with van der Waals surface area (Å²) in [6.45, 7) is 2.30. The number of aromatic nitrogens is 3. The molecule has 80 valence electrons. The topological polar surface area (TPSA) is 50.8 Å². The van der Waals surface area contributed by atoms with Crippen LogP contribution in [0.5, 0.6) is 5.88 Å². The third kappa shape index (κ3) is 1.88. The molecule has 0 saturated carbocycles. The van der Waals surface area contributed by atoms with Crippen LogP contribution in [0.2, 0.25) is 0 Å². The molecule has 2 aromatic rings. The lowest BCUT2D eigenvalue weighted by molar-refractivity contribution is 0.142. The van der Waals surface area contributed by atoms with Crippen LogP contribution in [0.4, 0.5) is 8.78 Å². The number of nitrogens with one attached hydrogen (secondary N) is 1. The standard InChI is InChI=1S/C9H9F2N3O/c1-2-15-6-4-3-5-8(13-6)14-9(12-5)7(10)11/h3-4,7H,2H2,1H3,(H,12,13,14). The maximum absolute atomic E-state index is 12.3. The number of nitrogens with zero attached hydrogens (tertiary/aromatic N) is 2. The number of rotatable bonds is 3. The summed E-state index contributed by atoms with van der Waals surface area (Å²) < 4.78 is 29.7. The summed E-state index contributed by atoms with van der Waals surface area (Å²) in [4.78, 5) is 10.1. The van der Waals surface area contributed by atoms with Crippen molar-refractivity contribution in [3.63, 3.8) is 0 Å². The molecule has 0 unspecified atom stereocenters. The molecule has 1 N–H and O–H groups in total. The molecule has 0 aliphatic heterocycles. The Kier molecular flexibility index (Phi) is 2.49. The lowest BCUT2D eigenvalue weighted by Gasteiger charge is -1.99. The second-order valence-corrected chi connectivity index (χ2v) is 2.88. The number of halogens is 2. The Morgan fingerprint density at radius 1 is 1.40 bits per heavy atom. The summed E-state index contributed by atoms with van der Waals surface area (Å²) in [5.74, 6) is 0.0171. The lowest BCUT2D eigenvalue weighted by atomic mass is 10.4. The highest BCUT2D eigenvalue weighted by atomic mass is 19.3. The predicted octanol–water partition coefficient (Wildman–Crippen LogP) is 2.29. The highest BCUT2D eigenvalue weighted by Crippen LogP contribution is 2.20. The molecular formula is C9H9F2N3O. The minimum absolute atomic E-state index is 0.247. The molecular weight excluding hydrogens is 204 g/mol. The van der Waals surface area contributed by atoms with Crippen molar-refractivity contribution in [2.24, 2.45) is 0 Å². The normalized spacial score (nSPS) is 11.2. The summed E-state index contributed by atoms with van der Waals surface area (Å²) >= 11 is 0. The predicted molar refractivity (Wildman–Crippen MR) is 50.0 cm³/mol. The molecule has 2 aromatic heterocycles. The van der Waals surface area contributed by atoms with Gasteiger partial charge in [0.15, 0.2) is 11.5 Å². The molecule has 0 saturated heterocycles. The quantitative estimate of drug-likeness (QED) is 0.850. The van der Waals surface area contributed by atoms with Crippen molar-refractivity contribution in [2.45, 2.75) is 13.3 Å². The van der Waals surface area contributed by atoms with Crippen LogP contribution in [0.15, 0.2) is 12.1 Å². The first-order valence-electron chi connectivity index (χ1n) is 4.48. The zero-order valence-electron chi connectivity index (χ0n) is 8.00. The van der Waals surface area contributed by atoms with E-state index in [0.29, 0.717) is 18.0 Å². The molecule has 0 fully saturated rings. The van der Waals surface area contributed by atoms with Gasteiger partial charge in [-0.25, -0.2) is 13.8 Å². The Morgan fingerprint density at radius 3 is 2.87 bits per heavy atom. The largest absolute Gasteiger partial charge is 0.478 e. The van der Waals surface area contributed by atoms with Crippen molar-refractivity contribution in [3.05, 3.63) is 18.0 Å². The molecule has 0 spiro atoms. The second kappa shape index (κ2) is 3.80. The van der Waals surface area contributed by atoms with Gasteiger partial charge in [-0.15, -0.1) is 0 Å². The van der Waals surface area contributed by atoms with Gasteiger partial charge in [-0.3, -0.25) is 0 Å². The minimum atomic E-state index is -2.62. The maximum atomic E-state index is 12.3. The van der Waals surface area contributed by atoms with Crippen molar-refractivity contribution in [2.75, 3.05) is 6.61 Å². The number of fused-ring (bicyclic) bond motifs is 1. The molecule has 2 rings (SSSR count). The Balaban J connectivity index is 2.43. The van der Waals surface area contributed by atoms with Crippen LogP contribution in [0, 0.1) is 0 Å². The molecule has 0 aromatic carbocycles.